The summed E-state index contributed by atoms with van der Waals surface area (Å²) in [5.74, 6) is 1.57. The molecule has 1 aromatic carbocycles. The van der Waals surface area contributed by atoms with Gasteiger partial charge in [0.05, 0.1) is 6.54 Å². The molecule has 0 aliphatic carbocycles. The summed E-state index contributed by atoms with van der Waals surface area (Å²) < 4.78 is 4.98. The van der Waals surface area contributed by atoms with Gasteiger partial charge in [0.1, 0.15) is 5.82 Å². The number of nitrogens with one attached hydrogen (secondary N) is 3. The van der Waals surface area contributed by atoms with Crippen LogP contribution in [0.4, 0.5) is 10.8 Å². The zero-order chi connectivity index (χ0) is 15.4. The molecule has 9 nitrogen and oxygen atoms in total. The number of urea groups is 1. The number of H-pyrrole nitrogens is 1. The molecule has 0 unspecified atom stereocenters. The number of carbonyl (C=O) groups excluding carboxylic acids is 1. The van der Waals surface area contributed by atoms with E-state index in [0.29, 0.717) is 17.5 Å². The van der Waals surface area contributed by atoms with Crippen molar-refractivity contribution in [1.29, 1.82) is 0 Å². The number of nitrogens with zero attached hydrogens (tertiary/aromatic N) is 4. The summed E-state index contributed by atoms with van der Waals surface area (Å²) in [4.78, 5) is 19.9. The molecular weight excluding hydrogens is 286 g/mol. The van der Waals surface area contributed by atoms with Crippen molar-refractivity contribution in [2.24, 2.45) is 0 Å². The van der Waals surface area contributed by atoms with Crippen LogP contribution < -0.4 is 10.6 Å². The van der Waals surface area contributed by atoms with E-state index in [4.69, 9.17) is 4.52 Å². The molecule has 112 valence electrons. The zero-order valence-electron chi connectivity index (χ0n) is 11.7. The summed E-state index contributed by atoms with van der Waals surface area (Å²) in [7, 11) is 0. The highest BCUT2D eigenvalue weighted by atomic mass is 16.5. The lowest BCUT2D eigenvalue weighted by Crippen LogP contribution is -2.28. The molecule has 0 fully saturated rings. The van der Waals surface area contributed by atoms with Crippen molar-refractivity contribution in [2.75, 3.05) is 5.32 Å². The van der Waals surface area contributed by atoms with Crippen LogP contribution in [-0.2, 0) is 6.54 Å². The monoisotopic (exact) mass is 299 g/mol. The lowest BCUT2D eigenvalue weighted by Gasteiger charge is -2.00. The number of amides is 2. The van der Waals surface area contributed by atoms with E-state index in [0.717, 1.165) is 5.56 Å². The minimum atomic E-state index is -0.481. The molecule has 0 saturated heterocycles. The number of aromatic nitrogens is 5. The maximum atomic E-state index is 11.7. The predicted octanol–water partition coefficient (Wildman–Crippen LogP) is 1.48. The van der Waals surface area contributed by atoms with Crippen molar-refractivity contribution in [3.05, 3.63) is 42.0 Å². The Labute approximate surface area is 125 Å². The molecular formula is C13H13N7O2. The maximum Gasteiger partial charge on any atom is 0.329 e. The van der Waals surface area contributed by atoms with Crippen LogP contribution in [0.5, 0.6) is 0 Å². The lowest BCUT2D eigenvalue weighted by molar-refractivity contribution is 0.250. The molecule has 0 aliphatic heterocycles. The van der Waals surface area contributed by atoms with Crippen molar-refractivity contribution in [1.82, 2.24) is 30.6 Å². The molecule has 0 radical (unpaired) electrons. The molecule has 0 spiro atoms. The van der Waals surface area contributed by atoms with E-state index in [1.54, 1.807) is 6.92 Å². The van der Waals surface area contributed by atoms with Crippen LogP contribution in [0.3, 0.4) is 0 Å². The first-order valence-electron chi connectivity index (χ1n) is 6.52. The van der Waals surface area contributed by atoms with Gasteiger partial charge in [0.25, 0.3) is 0 Å². The van der Waals surface area contributed by atoms with E-state index in [-0.39, 0.29) is 12.6 Å². The van der Waals surface area contributed by atoms with Gasteiger partial charge in [-0.1, -0.05) is 35.5 Å². The van der Waals surface area contributed by atoms with Crippen LogP contribution >= 0.6 is 0 Å². The van der Waals surface area contributed by atoms with Crippen LogP contribution in [0.2, 0.25) is 0 Å². The number of carbonyl (C=O) groups is 1. The average molecular weight is 299 g/mol. The first-order chi connectivity index (χ1) is 10.7. The van der Waals surface area contributed by atoms with Crippen molar-refractivity contribution >= 4 is 12.0 Å². The van der Waals surface area contributed by atoms with E-state index in [1.165, 1.54) is 0 Å². The van der Waals surface area contributed by atoms with Gasteiger partial charge in [-0.05, 0) is 6.92 Å². The van der Waals surface area contributed by atoms with E-state index in [9.17, 15) is 4.79 Å². The Morgan fingerprint density at radius 1 is 1.27 bits per heavy atom. The van der Waals surface area contributed by atoms with Gasteiger partial charge in [-0.2, -0.15) is 10.1 Å². The highest BCUT2D eigenvalue weighted by Gasteiger charge is 2.11. The number of anilines is 1. The summed E-state index contributed by atoms with van der Waals surface area (Å²) in [6.45, 7) is 1.97. The standard InChI is InChI=1S/C13H13N7O2/c1-8-15-10(19-18-8)7-14-12(21)17-13-16-11(20-22-13)9-5-3-2-4-6-9/h2-6H,7H2,1H3,(H,15,18,19)(H2,14,16,17,20,21). The quantitative estimate of drug-likeness (QED) is 0.671. The number of hydrogen-bond donors (Lipinski definition) is 3. The topological polar surface area (TPSA) is 122 Å². The second-order valence-corrected chi connectivity index (χ2v) is 4.43. The third-order valence-corrected chi connectivity index (χ3v) is 2.73. The highest BCUT2D eigenvalue weighted by Crippen LogP contribution is 2.16. The summed E-state index contributed by atoms with van der Waals surface area (Å²) >= 11 is 0. The SMILES string of the molecule is Cc1nc(CNC(=O)Nc2nc(-c3ccccc3)no2)n[nH]1. The summed E-state index contributed by atoms with van der Waals surface area (Å²) in [6, 6.07) is 8.85. The Bertz CT molecular complexity index is 766. The maximum absolute atomic E-state index is 11.7. The Kier molecular flexibility index (Phi) is 3.77. The summed E-state index contributed by atoms with van der Waals surface area (Å²) in [6.07, 6.45) is 0. The smallest absolute Gasteiger partial charge is 0.329 e. The molecule has 0 bridgehead atoms. The fourth-order valence-corrected chi connectivity index (χ4v) is 1.75. The molecule has 9 heteroatoms. The number of rotatable bonds is 4. The first-order valence-corrected chi connectivity index (χ1v) is 6.52. The van der Waals surface area contributed by atoms with Crippen LogP contribution in [-0.4, -0.2) is 31.4 Å². The average Bonchev–Trinajstić information content (AvgIpc) is 3.15. The molecule has 22 heavy (non-hydrogen) atoms. The van der Waals surface area contributed by atoms with Crippen molar-refractivity contribution in [3.63, 3.8) is 0 Å². The van der Waals surface area contributed by atoms with Crippen LogP contribution in [0.25, 0.3) is 11.4 Å². The van der Waals surface area contributed by atoms with Crippen molar-refractivity contribution < 1.29 is 9.32 Å². The molecule has 3 aromatic rings. The minimum Gasteiger partial charge on any atom is -0.330 e. The van der Waals surface area contributed by atoms with E-state index >= 15 is 0 Å². The highest BCUT2D eigenvalue weighted by molar-refractivity contribution is 5.86. The molecule has 0 aliphatic rings. The van der Waals surface area contributed by atoms with Gasteiger partial charge in [0.15, 0.2) is 5.82 Å². The molecule has 3 N–H and O–H groups in total. The third-order valence-electron chi connectivity index (χ3n) is 2.73. The lowest BCUT2D eigenvalue weighted by atomic mass is 10.2. The molecule has 2 amide bonds. The Balaban J connectivity index is 1.57. The number of benzene rings is 1. The van der Waals surface area contributed by atoms with E-state index < -0.39 is 6.03 Å². The minimum absolute atomic E-state index is 0.0162. The van der Waals surface area contributed by atoms with Crippen LogP contribution in [0.1, 0.15) is 11.6 Å². The van der Waals surface area contributed by atoms with Crippen LogP contribution in [0, 0.1) is 6.92 Å². The van der Waals surface area contributed by atoms with Gasteiger partial charge in [0.2, 0.25) is 5.82 Å². The Morgan fingerprint density at radius 3 is 2.82 bits per heavy atom. The second-order valence-electron chi connectivity index (χ2n) is 4.43. The predicted molar refractivity (Wildman–Crippen MR) is 76.7 cm³/mol. The Hall–Kier alpha value is -3.23. The van der Waals surface area contributed by atoms with Crippen molar-refractivity contribution in [2.45, 2.75) is 13.5 Å². The summed E-state index contributed by atoms with van der Waals surface area (Å²) in [5, 5.41) is 15.4. The fourth-order valence-electron chi connectivity index (χ4n) is 1.75. The largest absolute Gasteiger partial charge is 0.330 e. The normalized spacial score (nSPS) is 10.4. The molecule has 3 rings (SSSR count). The van der Waals surface area contributed by atoms with Gasteiger partial charge >= 0.3 is 12.0 Å². The van der Waals surface area contributed by atoms with Gasteiger partial charge < -0.3 is 9.84 Å². The van der Waals surface area contributed by atoms with Gasteiger partial charge in [-0.25, -0.2) is 9.78 Å². The van der Waals surface area contributed by atoms with Crippen molar-refractivity contribution in [3.8, 4) is 11.4 Å². The van der Waals surface area contributed by atoms with Gasteiger partial charge in [-0.15, -0.1) is 0 Å². The third kappa shape index (κ3) is 3.26. The number of aromatic amines is 1. The zero-order valence-corrected chi connectivity index (χ0v) is 11.7. The number of aryl methyl sites for hydroxylation is 1. The fraction of sp³-hybridized carbons (Fsp3) is 0.154. The Morgan fingerprint density at radius 2 is 2.09 bits per heavy atom. The van der Waals surface area contributed by atoms with Gasteiger partial charge in [-0.3, -0.25) is 10.4 Å². The summed E-state index contributed by atoms with van der Waals surface area (Å²) in [5.41, 5.74) is 0.802. The molecule has 2 aromatic heterocycles. The van der Waals surface area contributed by atoms with Crippen LogP contribution in [0.15, 0.2) is 34.9 Å². The number of hydrogen-bond acceptors (Lipinski definition) is 6. The first kappa shape index (κ1) is 13.7. The second kappa shape index (κ2) is 6.04. The molecule has 0 atom stereocenters. The van der Waals surface area contributed by atoms with E-state index in [1.807, 2.05) is 30.3 Å². The molecule has 0 saturated carbocycles. The van der Waals surface area contributed by atoms with Gasteiger partial charge in [0, 0.05) is 5.56 Å². The molecule has 2 heterocycles. The van der Waals surface area contributed by atoms with E-state index in [2.05, 4.69) is 36.0 Å².